The lowest BCUT2D eigenvalue weighted by Crippen LogP contribution is -2.13. The number of carbonyl (C=O) groups is 1. The van der Waals surface area contributed by atoms with Crippen molar-refractivity contribution in [2.75, 3.05) is 11.6 Å². The van der Waals surface area contributed by atoms with Gasteiger partial charge in [0.25, 0.3) is 5.91 Å². The number of hydrogen-bond donors (Lipinski definition) is 1. The Morgan fingerprint density at radius 2 is 1.83 bits per heavy atom. The van der Waals surface area contributed by atoms with Crippen molar-refractivity contribution < 1.29 is 13.2 Å². The van der Waals surface area contributed by atoms with Crippen molar-refractivity contribution in [3.8, 4) is 11.3 Å². The highest BCUT2D eigenvalue weighted by Gasteiger charge is 2.17. The number of anilines is 1. The second-order valence-corrected chi connectivity index (χ2v) is 9.71. The first-order chi connectivity index (χ1) is 13.8. The maximum atomic E-state index is 12.6. The van der Waals surface area contributed by atoms with Crippen LogP contribution < -0.4 is 5.32 Å². The largest absolute Gasteiger partial charge is 0.298 e. The van der Waals surface area contributed by atoms with E-state index in [2.05, 4.69) is 10.3 Å². The topological polar surface area (TPSA) is 76.1 Å². The highest BCUT2D eigenvalue weighted by Crippen LogP contribution is 2.31. The van der Waals surface area contributed by atoms with E-state index in [1.165, 1.54) is 29.5 Å². The average molecular weight is 443 g/mol. The molecule has 0 aliphatic carbocycles. The van der Waals surface area contributed by atoms with Crippen molar-refractivity contribution in [3.05, 3.63) is 76.6 Å². The second kappa shape index (κ2) is 7.59. The van der Waals surface area contributed by atoms with Crippen LogP contribution in [0.3, 0.4) is 0 Å². The van der Waals surface area contributed by atoms with Gasteiger partial charge in [-0.15, -0.1) is 11.3 Å². The number of rotatable bonds is 4. The van der Waals surface area contributed by atoms with Crippen LogP contribution in [0.1, 0.15) is 10.4 Å². The summed E-state index contributed by atoms with van der Waals surface area (Å²) in [5.41, 5.74) is 1.80. The highest BCUT2D eigenvalue weighted by molar-refractivity contribution is 7.90. The number of halogens is 1. The van der Waals surface area contributed by atoms with Gasteiger partial charge in [0.1, 0.15) is 0 Å². The lowest BCUT2D eigenvalue weighted by atomic mass is 10.0. The summed E-state index contributed by atoms with van der Waals surface area (Å²) in [5, 5.41) is 7.32. The summed E-state index contributed by atoms with van der Waals surface area (Å²) in [6.45, 7) is 0. The SMILES string of the molecule is CS(=O)(=O)c1ccc(Cl)c(C(=O)Nc2nc(-c3cccc4ccccc34)cs2)c1. The van der Waals surface area contributed by atoms with Crippen LogP contribution in [-0.2, 0) is 9.84 Å². The molecule has 146 valence electrons. The third-order valence-corrected chi connectivity index (χ3v) is 6.60. The van der Waals surface area contributed by atoms with Crippen molar-refractivity contribution >= 4 is 54.6 Å². The summed E-state index contributed by atoms with van der Waals surface area (Å²) < 4.78 is 23.5. The summed E-state index contributed by atoms with van der Waals surface area (Å²) in [6.07, 6.45) is 1.08. The lowest BCUT2D eigenvalue weighted by molar-refractivity contribution is 0.102. The van der Waals surface area contributed by atoms with Gasteiger partial charge in [-0.2, -0.15) is 0 Å². The minimum Gasteiger partial charge on any atom is -0.298 e. The lowest BCUT2D eigenvalue weighted by Gasteiger charge is -2.06. The van der Waals surface area contributed by atoms with Gasteiger partial charge < -0.3 is 0 Å². The van der Waals surface area contributed by atoms with E-state index in [-0.39, 0.29) is 15.5 Å². The molecular weight excluding hydrogens is 428 g/mol. The predicted molar refractivity (Wildman–Crippen MR) is 118 cm³/mol. The molecule has 1 N–H and O–H groups in total. The molecule has 4 aromatic rings. The van der Waals surface area contributed by atoms with Crippen molar-refractivity contribution in [1.29, 1.82) is 0 Å². The van der Waals surface area contributed by atoms with Crippen LogP contribution in [0, 0.1) is 0 Å². The van der Waals surface area contributed by atoms with Gasteiger partial charge in [-0.3, -0.25) is 10.1 Å². The van der Waals surface area contributed by atoms with Crippen molar-refractivity contribution in [2.45, 2.75) is 4.90 Å². The van der Waals surface area contributed by atoms with Gasteiger partial charge >= 0.3 is 0 Å². The Morgan fingerprint density at radius 1 is 1.07 bits per heavy atom. The number of hydrogen-bond acceptors (Lipinski definition) is 5. The number of amides is 1. The minimum absolute atomic E-state index is 0.0302. The average Bonchev–Trinajstić information content (AvgIpc) is 3.15. The van der Waals surface area contributed by atoms with Crippen molar-refractivity contribution in [3.63, 3.8) is 0 Å². The summed E-state index contributed by atoms with van der Waals surface area (Å²) in [4.78, 5) is 17.2. The molecular formula is C21H15ClN2O3S2. The maximum absolute atomic E-state index is 12.6. The molecule has 0 fully saturated rings. The molecule has 0 unspecified atom stereocenters. The van der Waals surface area contributed by atoms with Gasteiger partial charge in [0.2, 0.25) is 0 Å². The van der Waals surface area contributed by atoms with Crippen LogP contribution in [-0.4, -0.2) is 25.6 Å². The molecule has 1 heterocycles. The third-order valence-electron chi connectivity index (χ3n) is 4.40. The van der Waals surface area contributed by atoms with Crippen LogP contribution in [0.2, 0.25) is 5.02 Å². The normalized spacial score (nSPS) is 11.5. The van der Waals surface area contributed by atoms with Gasteiger partial charge in [-0.1, -0.05) is 54.1 Å². The van der Waals surface area contributed by atoms with E-state index in [9.17, 15) is 13.2 Å². The quantitative estimate of drug-likeness (QED) is 0.467. The molecule has 0 aliphatic heterocycles. The van der Waals surface area contributed by atoms with Gasteiger partial charge in [0.05, 0.1) is 21.2 Å². The summed E-state index contributed by atoms with van der Waals surface area (Å²) in [7, 11) is -3.45. The van der Waals surface area contributed by atoms with E-state index in [1.54, 1.807) is 0 Å². The molecule has 4 rings (SSSR count). The van der Waals surface area contributed by atoms with E-state index in [1.807, 2.05) is 47.8 Å². The van der Waals surface area contributed by atoms with E-state index in [4.69, 9.17) is 11.6 Å². The van der Waals surface area contributed by atoms with Crippen LogP contribution in [0.25, 0.3) is 22.0 Å². The Labute approximate surface area is 176 Å². The minimum atomic E-state index is -3.45. The first-order valence-corrected chi connectivity index (χ1v) is 11.7. The fourth-order valence-corrected chi connectivity index (χ4v) is 4.53. The van der Waals surface area contributed by atoms with E-state index >= 15 is 0 Å². The maximum Gasteiger partial charge on any atom is 0.259 e. The van der Waals surface area contributed by atoms with Crippen molar-refractivity contribution in [1.82, 2.24) is 4.98 Å². The summed E-state index contributed by atoms with van der Waals surface area (Å²) >= 11 is 7.39. The first-order valence-electron chi connectivity index (χ1n) is 8.57. The molecule has 5 nitrogen and oxygen atoms in total. The van der Waals surface area contributed by atoms with E-state index in [0.29, 0.717) is 5.13 Å². The number of nitrogens with zero attached hydrogens (tertiary/aromatic N) is 1. The van der Waals surface area contributed by atoms with Crippen LogP contribution in [0.5, 0.6) is 0 Å². The monoisotopic (exact) mass is 442 g/mol. The zero-order chi connectivity index (χ0) is 20.6. The molecule has 1 amide bonds. The third kappa shape index (κ3) is 4.03. The number of nitrogens with one attached hydrogen (secondary N) is 1. The number of fused-ring (bicyclic) bond motifs is 1. The predicted octanol–water partition coefficient (Wildman–Crippen LogP) is 5.27. The molecule has 3 aromatic carbocycles. The number of benzene rings is 3. The zero-order valence-corrected chi connectivity index (χ0v) is 17.6. The Hall–Kier alpha value is -2.74. The molecule has 1 aromatic heterocycles. The summed E-state index contributed by atoms with van der Waals surface area (Å²) in [5.74, 6) is -0.515. The smallest absolute Gasteiger partial charge is 0.259 e. The second-order valence-electron chi connectivity index (χ2n) is 6.43. The Morgan fingerprint density at radius 3 is 2.62 bits per heavy atom. The fraction of sp³-hybridized carbons (Fsp3) is 0.0476. The van der Waals surface area contributed by atoms with Crippen LogP contribution in [0.15, 0.2) is 70.9 Å². The Bertz CT molecular complexity index is 1340. The molecule has 0 saturated heterocycles. The molecule has 8 heteroatoms. The Balaban J connectivity index is 1.64. The Kier molecular flexibility index (Phi) is 5.12. The number of thiazole rings is 1. The van der Waals surface area contributed by atoms with Gasteiger partial charge in [0.15, 0.2) is 15.0 Å². The standard InChI is InChI=1S/C21H15ClN2O3S2/c1-29(26,27)14-9-10-18(22)17(11-14)20(25)24-21-23-19(12-28-21)16-8-4-6-13-5-2-3-7-15(13)16/h2-12H,1H3,(H,23,24,25). The van der Waals surface area contributed by atoms with Crippen LogP contribution in [0.4, 0.5) is 5.13 Å². The van der Waals surface area contributed by atoms with Crippen molar-refractivity contribution in [2.24, 2.45) is 0 Å². The number of sulfone groups is 1. The number of aromatic nitrogens is 1. The molecule has 29 heavy (non-hydrogen) atoms. The number of carbonyl (C=O) groups excluding carboxylic acids is 1. The van der Waals surface area contributed by atoms with Gasteiger partial charge in [-0.25, -0.2) is 13.4 Å². The zero-order valence-electron chi connectivity index (χ0n) is 15.2. The van der Waals surface area contributed by atoms with E-state index in [0.717, 1.165) is 28.3 Å². The van der Waals surface area contributed by atoms with E-state index < -0.39 is 15.7 Å². The highest BCUT2D eigenvalue weighted by atomic mass is 35.5. The summed E-state index contributed by atoms with van der Waals surface area (Å²) in [6, 6.07) is 18.0. The van der Waals surface area contributed by atoms with Gasteiger partial charge in [0, 0.05) is 17.2 Å². The first kappa shape index (κ1) is 19.6. The molecule has 0 bridgehead atoms. The molecule has 0 atom stereocenters. The molecule has 0 radical (unpaired) electrons. The van der Waals surface area contributed by atoms with Crippen LogP contribution >= 0.6 is 22.9 Å². The molecule has 0 spiro atoms. The van der Waals surface area contributed by atoms with Gasteiger partial charge in [-0.05, 0) is 29.0 Å². The molecule has 0 aliphatic rings. The molecule has 0 saturated carbocycles. The fourth-order valence-electron chi connectivity index (χ4n) is 2.98.